The zero-order valence-corrected chi connectivity index (χ0v) is 9.81. The van der Waals surface area contributed by atoms with Gasteiger partial charge in [0, 0.05) is 32.7 Å². The van der Waals surface area contributed by atoms with Crippen LogP contribution in [0.25, 0.3) is 0 Å². The molecule has 5 nitrogen and oxygen atoms in total. The van der Waals surface area contributed by atoms with E-state index < -0.39 is 11.9 Å². The normalized spacial score (nSPS) is 19.1. The largest absolute Gasteiger partial charge is 0.481 e. The molecule has 1 aliphatic heterocycles. The number of nitrogens with zero attached hydrogens (tertiary/aromatic N) is 1. The van der Waals surface area contributed by atoms with E-state index in [2.05, 4.69) is 0 Å². The van der Waals surface area contributed by atoms with E-state index in [9.17, 15) is 9.59 Å². The van der Waals surface area contributed by atoms with Crippen molar-refractivity contribution < 1.29 is 19.4 Å². The number of hydrogen-bond donors (Lipinski definition) is 1. The van der Waals surface area contributed by atoms with Crippen molar-refractivity contribution >= 4 is 11.9 Å². The second kappa shape index (κ2) is 5.84. The number of carboxylic acids is 1. The molecule has 0 aromatic rings. The molecule has 0 bridgehead atoms. The Kier molecular flexibility index (Phi) is 4.73. The molecule has 1 aliphatic rings. The molecule has 1 rings (SSSR count). The molecule has 16 heavy (non-hydrogen) atoms. The number of ether oxygens (including phenoxy) is 1. The maximum Gasteiger partial charge on any atom is 0.308 e. The standard InChI is InChI=1S/C11H19NO4/c1-8(11(14)15)7-12(2)10(13)9-3-5-16-6-4-9/h8-9H,3-7H2,1-2H3,(H,14,15). The summed E-state index contributed by atoms with van der Waals surface area (Å²) in [6, 6.07) is 0. The predicted octanol–water partition coefficient (Wildman–Crippen LogP) is 0.592. The Hall–Kier alpha value is -1.10. The van der Waals surface area contributed by atoms with E-state index in [4.69, 9.17) is 9.84 Å². The molecule has 1 amide bonds. The quantitative estimate of drug-likeness (QED) is 0.766. The highest BCUT2D eigenvalue weighted by Crippen LogP contribution is 2.17. The molecule has 0 spiro atoms. The lowest BCUT2D eigenvalue weighted by molar-refractivity contribution is -0.144. The molecular weight excluding hydrogens is 210 g/mol. The van der Waals surface area contributed by atoms with Gasteiger partial charge >= 0.3 is 5.97 Å². The maximum absolute atomic E-state index is 11.9. The molecule has 0 aromatic heterocycles. The van der Waals surface area contributed by atoms with Crippen molar-refractivity contribution in [3.05, 3.63) is 0 Å². The summed E-state index contributed by atoms with van der Waals surface area (Å²) in [5, 5.41) is 8.77. The van der Waals surface area contributed by atoms with Crippen molar-refractivity contribution in [3.63, 3.8) is 0 Å². The second-order valence-electron chi connectivity index (χ2n) is 4.34. The lowest BCUT2D eigenvalue weighted by atomic mass is 9.98. The first-order valence-corrected chi connectivity index (χ1v) is 5.58. The third kappa shape index (κ3) is 3.48. The van der Waals surface area contributed by atoms with E-state index >= 15 is 0 Å². The van der Waals surface area contributed by atoms with Crippen molar-refractivity contribution in [3.8, 4) is 0 Å². The monoisotopic (exact) mass is 229 g/mol. The number of rotatable bonds is 4. The number of carbonyl (C=O) groups excluding carboxylic acids is 1. The Bertz CT molecular complexity index is 261. The topological polar surface area (TPSA) is 66.8 Å². The Labute approximate surface area is 95.4 Å². The molecular formula is C11H19NO4. The summed E-state index contributed by atoms with van der Waals surface area (Å²) in [5.74, 6) is -1.35. The highest BCUT2D eigenvalue weighted by atomic mass is 16.5. The summed E-state index contributed by atoms with van der Waals surface area (Å²) in [7, 11) is 1.66. The highest BCUT2D eigenvalue weighted by Gasteiger charge is 2.26. The number of aliphatic carboxylic acids is 1. The van der Waals surface area contributed by atoms with E-state index in [1.54, 1.807) is 14.0 Å². The van der Waals surface area contributed by atoms with Crippen LogP contribution in [0.15, 0.2) is 0 Å². The van der Waals surface area contributed by atoms with Gasteiger partial charge < -0.3 is 14.7 Å². The van der Waals surface area contributed by atoms with E-state index in [0.29, 0.717) is 13.2 Å². The van der Waals surface area contributed by atoms with Crippen LogP contribution in [0.2, 0.25) is 0 Å². The Morgan fingerprint density at radius 2 is 2.00 bits per heavy atom. The van der Waals surface area contributed by atoms with Gasteiger partial charge in [0.25, 0.3) is 0 Å². The molecule has 0 aromatic carbocycles. The van der Waals surface area contributed by atoms with Gasteiger partial charge in [0.2, 0.25) is 5.91 Å². The van der Waals surface area contributed by atoms with Crippen LogP contribution >= 0.6 is 0 Å². The van der Waals surface area contributed by atoms with Crippen LogP contribution < -0.4 is 0 Å². The molecule has 1 saturated heterocycles. The molecule has 92 valence electrons. The van der Waals surface area contributed by atoms with Crippen LogP contribution in [0, 0.1) is 11.8 Å². The Balaban J connectivity index is 2.43. The van der Waals surface area contributed by atoms with Crippen LogP contribution in [-0.2, 0) is 14.3 Å². The summed E-state index contributed by atoms with van der Waals surface area (Å²) < 4.78 is 5.18. The summed E-state index contributed by atoms with van der Waals surface area (Å²) in [4.78, 5) is 24.1. The molecule has 5 heteroatoms. The maximum atomic E-state index is 11.9. The van der Waals surface area contributed by atoms with E-state index in [-0.39, 0.29) is 18.4 Å². The number of carbonyl (C=O) groups is 2. The molecule has 1 heterocycles. The fraction of sp³-hybridized carbons (Fsp3) is 0.818. The van der Waals surface area contributed by atoms with Crippen LogP contribution in [0.3, 0.4) is 0 Å². The molecule has 1 fully saturated rings. The third-order valence-corrected chi connectivity index (χ3v) is 2.92. The van der Waals surface area contributed by atoms with Gasteiger partial charge in [-0.15, -0.1) is 0 Å². The van der Waals surface area contributed by atoms with Crippen molar-refractivity contribution in [2.45, 2.75) is 19.8 Å². The first-order valence-electron chi connectivity index (χ1n) is 5.58. The number of hydrogen-bond acceptors (Lipinski definition) is 3. The first-order chi connectivity index (χ1) is 7.52. The highest BCUT2D eigenvalue weighted by molar-refractivity contribution is 5.79. The Morgan fingerprint density at radius 3 is 2.50 bits per heavy atom. The van der Waals surface area contributed by atoms with Gasteiger partial charge in [0.15, 0.2) is 0 Å². The van der Waals surface area contributed by atoms with Crippen LogP contribution in [0.5, 0.6) is 0 Å². The summed E-state index contributed by atoms with van der Waals surface area (Å²) >= 11 is 0. The molecule has 0 saturated carbocycles. The van der Waals surface area contributed by atoms with Gasteiger partial charge in [-0.1, -0.05) is 6.92 Å². The lowest BCUT2D eigenvalue weighted by Crippen LogP contribution is -2.39. The minimum Gasteiger partial charge on any atom is -0.481 e. The van der Waals surface area contributed by atoms with E-state index in [1.165, 1.54) is 4.90 Å². The SMILES string of the molecule is CC(CN(C)C(=O)C1CCOCC1)C(=O)O. The van der Waals surface area contributed by atoms with Crippen molar-refractivity contribution in [1.29, 1.82) is 0 Å². The fourth-order valence-electron chi connectivity index (χ4n) is 1.84. The average molecular weight is 229 g/mol. The zero-order chi connectivity index (χ0) is 12.1. The minimum atomic E-state index is -0.869. The van der Waals surface area contributed by atoms with Crippen molar-refractivity contribution in [2.75, 3.05) is 26.8 Å². The van der Waals surface area contributed by atoms with E-state index in [1.807, 2.05) is 0 Å². The third-order valence-electron chi connectivity index (χ3n) is 2.92. The lowest BCUT2D eigenvalue weighted by Gasteiger charge is -2.27. The summed E-state index contributed by atoms with van der Waals surface area (Å²) in [6.07, 6.45) is 1.48. The zero-order valence-electron chi connectivity index (χ0n) is 9.81. The van der Waals surface area contributed by atoms with Crippen LogP contribution in [-0.4, -0.2) is 48.7 Å². The summed E-state index contributed by atoms with van der Waals surface area (Å²) in [6.45, 7) is 3.12. The Morgan fingerprint density at radius 1 is 1.44 bits per heavy atom. The average Bonchev–Trinajstić information content (AvgIpc) is 2.28. The first kappa shape index (κ1) is 13.0. The van der Waals surface area contributed by atoms with Crippen LogP contribution in [0.4, 0.5) is 0 Å². The second-order valence-corrected chi connectivity index (χ2v) is 4.34. The number of amides is 1. The molecule has 1 N–H and O–H groups in total. The van der Waals surface area contributed by atoms with Gasteiger partial charge in [-0.3, -0.25) is 9.59 Å². The molecule has 0 radical (unpaired) electrons. The molecule has 1 atom stereocenters. The number of carboxylic acid groups (broad SMARTS) is 1. The molecule has 1 unspecified atom stereocenters. The van der Waals surface area contributed by atoms with Gasteiger partial charge in [-0.05, 0) is 12.8 Å². The summed E-state index contributed by atoms with van der Waals surface area (Å²) in [5.41, 5.74) is 0. The van der Waals surface area contributed by atoms with Gasteiger partial charge in [-0.25, -0.2) is 0 Å². The fourth-order valence-corrected chi connectivity index (χ4v) is 1.84. The van der Waals surface area contributed by atoms with Crippen molar-refractivity contribution in [1.82, 2.24) is 4.90 Å². The molecule has 0 aliphatic carbocycles. The van der Waals surface area contributed by atoms with Crippen molar-refractivity contribution in [2.24, 2.45) is 11.8 Å². The van der Waals surface area contributed by atoms with Gasteiger partial charge in [0.1, 0.15) is 0 Å². The van der Waals surface area contributed by atoms with Gasteiger partial charge in [-0.2, -0.15) is 0 Å². The smallest absolute Gasteiger partial charge is 0.308 e. The van der Waals surface area contributed by atoms with Crippen LogP contribution in [0.1, 0.15) is 19.8 Å². The van der Waals surface area contributed by atoms with E-state index in [0.717, 1.165) is 12.8 Å². The van der Waals surface area contributed by atoms with Gasteiger partial charge in [0.05, 0.1) is 5.92 Å². The minimum absolute atomic E-state index is 0.000236. The predicted molar refractivity (Wildman–Crippen MR) is 58.0 cm³/mol.